The Morgan fingerprint density at radius 3 is 2.48 bits per heavy atom. The summed E-state index contributed by atoms with van der Waals surface area (Å²) in [5.74, 6) is -0.222. The number of urea groups is 1. The van der Waals surface area contributed by atoms with Crippen molar-refractivity contribution in [3.63, 3.8) is 0 Å². The van der Waals surface area contributed by atoms with Crippen molar-refractivity contribution >= 4 is 56.8 Å². The Labute approximate surface area is 206 Å². The third kappa shape index (κ3) is 5.17. The van der Waals surface area contributed by atoms with Crippen molar-refractivity contribution in [2.75, 3.05) is 23.4 Å². The fourth-order valence-electron chi connectivity index (χ4n) is 4.44. The molecule has 1 saturated carbocycles. The van der Waals surface area contributed by atoms with Crippen LogP contribution in [0.3, 0.4) is 0 Å². The number of halogens is 2. The molecule has 4 rings (SSSR count). The molecule has 2 fully saturated rings. The second-order valence-electron chi connectivity index (χ2n) is 8.15. The van der Waals surface area contributed by atoms with Crippen molar-refractivity contribution in [1.29, 1.82) is 0 Å². The van der Waals surface area contributed by atoms with Gasteiger partial charge in [-0.05, 0) is 74.7 Å². The van der Waals surface area contributed by atoms with Crippen molar-refractivity contribution < 1.29 is 19.1 Å². The van der Waals surface area contributed by atoms with E-state index in [0.29, 0.717) is 41.6 Å². The van der Waals surface area contributed by atoms with Crippen LogP contribution in [0, 0.1) is 5.92 Å². The quantitative estimate of drug-likeness (QED) is 0.524. The minimum absolute atomic E-state index is 0.141. The van der Waals surface area contributed by atoms with Crippen molar-refractivity contribution in [2.24, 2.45) is 5.92 Å². The minimum atomic E-state index is -0.488. The van der Waals surface area contributed by atoms with Crippen LogP contribution in [0.5, 0.6) is 5.75 Å². The van der Waals surface area contributed by atoms with Gasteiger partial charge < -0.3 is 15.0 Å². The lowest BCUT2D eigenvalue weighted by Crippen LogP contribution is -2.64. The number of carbonyl (C=O) groups excluding carboxylic acids is 3. The fourth-order valence-corrected chi connectivity index (χ4v) is 5.23. The Kier molecular flexibility index (Phi) is 7.24. The molecule has 1 aliphatic heterocycles. The highest BCUT2D eigenvalue weighted by atomic mass is 79.9. The summed E-state index contributed by atoms with van der Waals surface area (Å²) in [6.07, 6.45) is 2.10. The van der Waals surface area contributed by atoms with Gasteiger partial charge in [0.05, 0.1) is 18.2 Å². The van der Waals surface area contributed by atoms with E-state index in [1.807, 2.05) is 6.92 Å². The maximum Gasteiger partial charge on any atom is 0.332 e. The smallest absolute Gasteiger partial charge is 0.332 e. The van der Waals surface area contributed by atoms with Crippen LogP contribution in [0.1, 0.15) is 26.2 Å². The number of nitrogens with one attached hydrogen (secondary N) is 1. The van der Waals surface area contributed by atoms with E-state index >= 15 is 0 Å². The van der Waals surface area contributed by atoms with Gasteiger partial charge in [0.1, 0.15) is 12.3 Å². The first-order valence-corrected chi connectivity index (χ1v) is 12.2. The van der Waals surface area contributed by atoms with Gasteiger partial charge in [-0.2, -0.15) is 0 Å². The van der Waals surface area contributed by atoms with Crippen LogP contribution in [0.4, 0.5) is 16.2 Å². The van der Waals surface area contributed by atoms with Crippen molar-refractivity contribution in [1.82, 2.24) is 4.90 Å². The molecule has 1 aliphatic carbocycles. The molecule has 3 unspecified atom stereocenters. The molecule has 7 nitrogen and oxygen atoms in total. The van der Waals surface area contributed by atoms with Crippen LogP contribution in [0.15, 0.2) is 48.5 Å². The zero-order valence-corrected chi connectivity index (χ0v) is 20.5. The number of imide groups is 1. The first kappa shape index (κ1) is 23.6. The molecule has 3 atom stereocenters. The molecule has 2 aromatic rings. The molecule has 2 aromatic carbocycles. The first-order valence-electron chi connectivity index (χ1n) is 10.9. The number of carbonyl (C=O) groups is 3. The molecule has 0 bridgehead atoms. The number of hydrogen-bond acceptors (Lipinski definition) is 4. The number of alkyl halides is 1. The third-order valence-corrected chi connectivity index (χ3v) is 7.06. The molecule has 33 heavy (non-hydrogen) atoms. The van der Waals surface area contributed by atoms with E-state index in [9.17, 15) is 14.4 Å². The van der Waals surface area contributed by atoms with Gasteiger partial charge in [-0.25, -0.2) is 9.69 Å². The SMILES string of the molecule is CCOc1ccc(NC(=O)CN2C(=O)N(c3ccc(Cl)cc3)C(=O)C3CC(Br)CCC32)cc1. The molecular weight excluding hydrogens is 510 g/mol. The number of fused-ring (bicyclic) bond motifs is 1. The van der Waals surface area contributed by atoms with E-state index in [-0.39, 0.29) is 35.1 Å². The molecule has 0 radical (unpaired) electrons. The number of rotatable bonds is 6. The predicted octanol–water partition coefficient (Wildman–Crippen LogP) is 5.08. The summed E-state index contributed by atoms with van der Waals surface area (Å²) in [6.45, 7) is 2.32. The molecule has 1 heterocycles. The van der Waals surface area contributed by atoms with Crippen LogP contribution >= 0.6 is 27.5 Å². The van der Waals surface area contributed by atoms with Gasteiger partial charge >= 0.3 is 6.03 Å². The number of ether oxygens (including phenoxy) is 1. The maximum absolute atomic E-state index is 13.5. The normalized spacial score (nSPS) is 22.7. The Hall–Kier alpha value is -2.58. The molecule has 4 amide bonds. The largest absolute Gasteiger partial charge is 0.494 e. The van der Waals surface area contributed by atoms with E-state index in [1.165, 1.54) is 9.80 Å². The minimum Gasteiger partial charge on any atom is -0.494 e. The van der Waals surface area contributed by atoms with E-state index in [1.54, 1.807) is 48.5 Å². The maximum atomic E-state index is 13.5. The molecule has 0 aromatic heterocycles. The zero-order valence-electron chi connectivity index (χ0n) is 18.2. The summed E-state index contributed by atoms with van der Waals surface area (Å²) in [7, 11) is 0. The molecule has 2 aliphatic rings. The Balaban J connectivity index is 1.55. The topological polar surface area (TPSA) is 79.0 Å². The lowest BCUT2D eigenvalue weighted by molar-refractivity contribution is -0.128. The molecule has 0 spiro atoms. The van der Waals surface area contributed by atoms with E-state index in [4.69, 9.17) is 16.3 Å². The average molecular weight is 535 g/mol. The summed E-state index contributed by atoms with van der Waals surface area (Å²) in [4.78, 5) is 42.6. The van der Waals surface area contributed by atoms with E-state index < -0.39 is 6.03 Å². The number of benzene rings is 2. The molecule has 1 saturated heterocycles. The highest BCUT2D eigenvalue weighted by molar-refractivity contribution is 9.09. The van der Waals surface area contributed by atoms with Gasteiger partial charge in [0, 0.05) is 21.6 Å². The Morgan fingerprint density at radius 1 is 1.12 bits per heavy atom. The molecule has 174 valence electrons. The highest BCUT2D eigenvalue weighted by Crippen LogP contribution is 2.38. The van der Waals surface area contributed by atoms with Gasteiger partial charge in [-0.15, -0.1) is 0 Å². The van der Waals surface area contributed by atoms with E-state index in [0.717, 1.165) is 6.42 Å². The lowest BCUT2D eigenvalue weighted by atomic mass is 9.81. The monoisotopic (exact) mass is 533 g/mol. The highest BCUT2D eigenvalue weighted by Gasteiger charge is 2.49. The van der Waals surface area contributed by atoms with Gasteiger partial charge in [0.2, 0.25) is 11.8 Å². The van der Waals surface area contributed by atoms with Crippen LogP contribution < -0.4 is 15.0 Å². The van der Waals surface area contributed by atoms with Crippen molar-refractivity contribution in [3.8, 4) is 5.75 Å². The number of hydrogen-bond donors (Lipinski definition) is 1. The molecular formula is C24H25BrClN3O4. The number of nitrogens with zero attached hydrogens (tertiary/aromatic N) is 2. The first-order chi connectivity index (χ1) is 15.9. The average Bonchev–Trinajstić information content (AvgIpc) is 2.79. The van der Waals surface area contributed by atoms with E-state index in [2.05, 4.69) is 21.2 Å². The summed E-state index contributed by atoms with van der Waals surface area (Å²) in [5, 5.41) is 3.35. The van der Waals surface area contributed by atoms with Gasteiger partial charge in [-0.3, -0.25) is 9.59 Å². The predicted molar refractivity (Wildman–Crippen MR) is 131 cm³/mol. The van der Waals surface area contributed by atoms with Gasteiger partial charge in [0.15, 0.2) is 0 Å². The summed E-state index contributed by atoms with van der Waals surface area (Å²) in [6, 6.07) is 12.8. The summed E-state index contributed by atoms with van der Waals surface area (Å²) < 4.78 is 5.43. The number of amides is 4. The summed E-state index contributed by atoms with van der Waals surface area (Å²) in [5.41, 5.74) is 1.06. The van der Waals surface area contributed by atoms with Crippen LogP contribution in [-0.2, 0) is 9.59 Å². The number of anilines is 2. The molecule has 9 heteroatoms. The van der Waals surface area contributed by atoms with Gasteiger partial charge in [0.25, 0.3) is 0 Å². The second-order valence-corrected chi connectivity index (χ2v) is 9.88. The van der Waals surface area contributed by atoms with Crippen LogP contribution in [0.2, 0.25) is 5.02 Å². The van der Waals surface area contributed by atoms with Crippen molar-refractivity contribution in [3.05, 3.63) is 53.6 Å². The fraction of sp³-hybridized carbons (Fsp3) is 0.375. The van der Waals surface area contributed by atoms with Crippen molar-refractivity contribution in [2.45, 2.75) is 37.1 Å². The third-order valence-electron chi connectivity index (χ3n) is 5.97. The summed E-state index contributed by atoms with van der Waals surface area (Å²) >= 11 is 9.62. The van der Waals surface area contributed by atoms with Crippen LogP contribution in [0.25, 0.3) is 0 Å². The lowest BCUT2D eigenvalue weighted by Gasteiger charge is -2.47. The second kappa shape index (κ2) is 10.1. The standard InChI is InChI=1S/C24H25BrClN3O4/c1-2-33-19-10-6-17(7-11-19)27-22(30)14-28-21-12-3-15(25)13-20(21)23(31)29(24(28)32)18-8-4-16(26)5-9-18/h4-11,15,20-21H,2-3,12-14H2,1H3,(H,27,30). The molecule has 1 N–H and O–H groups in total. The van der Waals surface area contributed by atoms with Gasteiger partial charge in [-0.1, -0.05) is 27.5 Å². The van der Waals surface area contributed by atoms with Crippen LogP contribution in [-0.4, -0.2) is 46.8 Å². The Bertz CT molecular complexity index is 1030. The zero-order chi connectivity index (χ0) is 23.5. The Morgan fingerprint density at radius 2 is 1.82 bits per heavy atom.